The maximum Gasteiger partial charge on any atom is 0.0619 e. The van der Waals surface area contributed by atoms with E-state index in [-0.39, 0.29) is 0 Å². The summed E-state index contributed by atoms with van der Waals surface area (Å²) in [5, 5.41) is 7.34. The van der Waals surface area contributed by atoms with Gasteiger partial charge in [0, 0.05) is 26.6 Å². The van der Waals surface area contributed by atoms with Crippen molar-refractivity contribution in [1.29, 1.82) is 0 Å². The Morgan fingerprint density at radius 1 is 0.438 bits per heavy atom. The molecule has 32 heavy (non-hydrogen) atoms. The van der Waals surface area contributed by atoms with Crippen LogP contribution in [0.4, 0.5) is 17.1 Å². The highest BCUT2D eigenvalue weighted by molar-refractivity contribution is 9.10. The molecule has 6 aromatic carbocycles. The number of nitrogens with zero attached hydrogens (tertiary/aromatic N) is 1. The lowest BCUT2D eigenvalue weighted by molar-refractivity contribution is 1.32. The van der Waals surface area contributed by atoms with E-state index in [9.17, 15) is 0 Å². The number of hydrogen-bond acceptors (Lipinski definition) is 1. The normalized spacial score (nSPS) is 11.3. The molecule has 152 valence electrons. The summed E-state index contributed by atoms with van der Waals surface area (Å²) in [4.78, 5) is 2.39. The molecule has 0 aliphatic heterocycles. The van der Waals surface area contributed by atoms with Crippen molar-refractivity contribution in [1.82, 2.24) is 0 Å². The van der Waals surface area contributed by atoms with Crippen molar-refractivity contribution in [2.75, 3.05) is 4.90 Å². The first-order chi connectivity index (χ1) is 15.8. The second kappa shape index (κ2) is 7.81. The van der Waals surface area contributed by atoms with Gasteiger partial charge in [0.25, 0.3) is 0 Å². The van der Waals surface area contributed by atoms with E-state index >= 15 is 0 Å². The lowest BCUT2D eigenvalue weighted by Gasteiger charge is -2.29. The zero-order valence-electron chi connectivity index (χ0n) is 17.4. The van der Waals surface area contributed by atoms with Crippen LogP contribution in [-0.2, 0) is 0 Å². The fourth-order valence-electron chi connectivity index (χ4n) is 4.59. The summed E-state index contributed by atoms with van der Waals surface area (Å²) in [5.41, 5.74) is 3.48. The van der Waals surface area contributed by atoms with Gasteiger partial charge >= 0.3 is 0 Å². The van der Waals surface area contributed by atoms with E-state index in [0.29, 0.717) is 0 Å². The molecule has 0 spiro atoms. The van der Waals surface area contributed by atoms with Crippen molar-refractivity contribution >= 4 is 65.3 Å². The summed E-state index contributed by atoms with van der Waals surface area (Å²) in [7, 11) is 0. The molecule has 0 heterocycles. The van der Waals surface area contributed by atoms with Gasteiger partial charge in [-0.3, -0.25) is 0 Å². The quantitative estimate of drug-likeness (QED) is 0.231. The molecule has 0 bridgehead atoms. The first-order valence-electron chi connectivity index (χ1n) is 10.7. The number of hydrogen-bond donors (Lipinski definition) is 0. The Balaban J connectivity index is 1.75. The van der Waals surface area contributed by atoms with Crippen LogP contribution in [0.2, 0.25) is 0 Å². The molecule has 0 fully saturated rings. The van der Waals surface area contributed by atoms with Crippen LogP contribution in [0.15, 0.2) is 126 Å². The molecule has 0 aliphatic rings. The van der Waals surface area contributed by atoms with Crippen LogP contribution in [0.1, 0.15) is 0 Å². The van der Waals surface area contributed by atoms with E-state index < -0.39 is 0 Å². The lowest BCUT2D eigenvalue weighted by atomic mass is 9.98. The molecule has 0 saturated carbocycles. The minimum absolute atomic E-state index is 1.14. The maximum absolute atomic E-state index is 3.89. The number of benzene rings is 6. The van der Waals surface area contributed by atoms with Crippen molar-refractivity contribution in [3.63, 3.8) is 0 Å². The molecule has 0 amide bonds. The van der Waals surface area contributed by atoms with Gasteiger partial charge in [0.05, 0.1) is 5.69 Å². The molecule has 6 rings (SSSR count). The number of anilines is 3. The Hall–Kier alpha value is -3.62. The van der Waals surface area contributed by atoms with Crippen molar-refractivity contribution in [3.05, 3.63) is 126 Å². The third-order valence-corrected chi connectivity index (χ3v) is 6.92. The molecule has 6 aromatic rings. The second-order valence-corrected chi connectivity index (χ2v) is 8.75. The molecule has 0 N–H and O–H groups in total. The van der Waals surface area contributed by atoms with Crippen LogP contribution in [0.3, 0.4) is 0 Å². The minimum atomic E-state index is 1.14. The first kappa shape index (κ1) is 19.1. The van der Waals surface area contributed by atoms with E-state index in [2.05, 4.69) is 142 Å². The molecule has 0 saturated heterocycles. The number of para-hydroxylation sites is 1. The third kappa shape index (κ3) is 3.07. The first-order valence-corrected chi connectivity index (χ1v) is 11.5. The molecule has 0 aromatic heterocycles. The predicted octanol–water partition coefficient (Wildman–Crippen LogP) is 9.38. The summed E-state index contributed by atoms with van der Waals surface area (Å²) in [6.07, 6.45) is 0. The van der Waals surface area contributed by atoms with Crippen molar-refractivity contribution in [2.45, 2.75) is 0 Å². The standard InChI is InChI=1S/C30H20BrN/c31-29-25-14-6-8-16-27(25)30(28-17-9-7-15-26(28)29)32(23-12-2-1-3-13-23)24-19-18-21-10-4-5-11-22(21)20-24/h1-20H. The van der Waals surface area contributed by atoms with Gasteiger partial charge in [-0.05, 0) is 61.7 Å². The smallest absolute Gasteiger partial charge is 0.0619 e. The Bertz CT molecular complexity index is 1530. The van der Waals surface area contributed by atoms with Gasteiger partial charge in [-0.15, -0.1) is 0 Å². The number of fused-ring (bicyclic) bond motifs is 3. The summed E-state index contributed by atoms with van der Waals surface area (Å²) < 4.78 is 1.14. The highest BCUT2D eigenvalue weighted by Gasteiger charge is 2.20. The van der Waals surface area contributed by atoms with Crippen LogP contribution >= 0.6 is 15.9 Å². The number of halogens is 1. The van der Waals surface area contributed by atoms with E-state index in [4.69, 9.17) is 0 Å². The molecular weight excluding hydrogens is 454 g/mol. The predicted molar refractivity (Wildman–Crippen MR) is 141 cm³/mol. The highest BCUT2D eigenvalue weighted by atomic mass is 79.9. The third-order valence-electron chi connectivity index (χ3n) is 6.07. The Labute approximate surface area is 195 Å². The lowest BCUT2D eigenvalue weighted by Crippen LogP contribution is -2.11. The van der Waals surface area contributed by atoms with Gasteiger partial charge in [0.1, 0.15) is 0 Å². The van der Waals surface area contributed by atoms with Gasteiger partial charge in [0.15, 0.2) is 0 Å². The van der Waals surface area contributed by atoms with Crippen molar-refractivity contribution in [3.8, 4) is 0 Å². The maximum atomic E-state index is 3.89. The van der Waals surface area contributed by atoms with Gasteiger partial charge < -0.3 is 4.90 Å². The highest BCUT2D eigenvalue weighted by Crippen LogP contribution is 2.46. The average Bonchev–Trinajstić information content (AvgIpc) is 2.87. The Kier molecular flexibility index (Phi) is 4.66. The summed E-state index contributed by atoms with van der Waals surface area (Å²) in [5.74, 6) is 0. The van der Waals surface area contributed by atoms with Gasteiger partial charge in [0.2, 0.25) is 0 Å². The molecule has 1 nitrogen and oxygen atoms in total. The van der Waals surface area contributed by atoms with Crippen LogP contribution in [0.5, 0.6) is 0 Å². The largest absolute Gasteiger partial charge is 0.309 e. The fourth-order valence-corrected chi connectivity index (χ4v) is 5.28. The summed E-state index contributed by atoms with van der Waals surface area (Å²) in [6.45, 7) is 0. The summed E-state index contributed by atoms with van der Waals surface area (Å²) in [6, 6.07) is 43.2. The topological polar surface area (TPSA) is 3.24 Å². The van der Waals surface area contributed by atoms with Gasteiger partial charge in [-0.25, -0.2) is 0 Å². The molecular formula is C30H20BrN. The molecule has 0 atom stereocenters. The fraction of sp³-hybridized carbons (Fsp3) is 0. The van der Waals surface area contributed by atoms with Crippen molar-refractivity contribution < 1.29 is 0 Å². The minimum Gasteiger partial charge on any atom is -0.309 e. The van der Waals surface area contributed by atoms with E-state index in [0.717, 1.165) is 15.8 Å². The van der Waals surface area contributed by atoms with Crippen LogP contribution in [0.25, 0.3) is 32.3 Å². The Morgan fingerprint density at radius 3 is 1.62 bits per heavy atom. The SMILES string of the molecule is Brc1c2ccccc2c(N(c2ccccc2)c2ccc3ccccc3c2)c2ccccc12. The van der Waals surface area contributed by atoms with Crippen LogP contribution in [-0.4, -0.2) is 0 Å². The second-order valence-electron chi connectivity index (χ2n) is 7.96. The monoisotopic (exact) mass is 473 g/mol. The van der Waals surface area contributed by atoms with Crippen molar-refractivity contribution in [2.24, 2.45) is 0 Å². The number of rotatable bonds is 3. The summed E-state index contributed by atoms with van der Waals surface area (Å²) >= 11 is 3.89. The molecule has 0 radical (unpaired) electrons. The molecule has 0 aliphatic carbocycles. The Morgan fingerprint density at radius 2 is 0.969 bits per heavy atom. The van der Waals surface area contributed by atoms with Crippen LogP contribution in [0, 0.1) is 0 Å². The zero-order chi connectivity index (χ0) is 21.5. The zero-order valence-corrected chi connectivity index (χ0v) is 19.0. The average molecular weight is 474 g/mol. The van der Waals surface area contributed by atoms with Gasteiger partial charge in [-0.1, -0.05) is 97.1 Å². The van der Waals surface area contributed by atoms with Gasteiger partial charge in [-0.2, -0.15) is 0 Å². The molecule has 0 unspecified atom stereocenters. The van der Waals surface area contributed by atoms with E-state index in [1.807, 2.05) is 0 Å². The van der Waals surface area contributed by atoms with E-state index in [1.165, 1.54) is 38.0 Å². The van der Waals surface area contributed by atoms with E-state index in [1.54, 1.807) is 0 Å². The van der Waals surface area contributed by atoms with Crippen LogP contribution < -0.4 is 4.90 Å². The molecule has 2 heteroatoms.